The monoisotopic (exact) mass is 318 g/mol. The lowest BCUT2D eigenvalue weighted by atomic mass is 9.96. The van der Waals surface area contributed by atoms with Crippen LogP contribution in [0.2, 0.25) is 0 Å². The molecule has 0 radical (unpaired) electrons. The minimum atomic E-state index is -0.206. The number of primary amides is 1. The van der Waals surface area contributed by atoms with Crippen LogP contribution in [0.4, 0.5) is 0 Å². The quantitative estimate of drug-likeness (QED) is 0.823. The van der Waals surface area contributed by atoms with E-state index in [-0.39, 0.29) is 23.8 Å². The molecule has 1 atom stereocenters. The van der Waals surface area contributed by atoms with Crippen molar-refractivity contribution in [1.82, 2.24) is 15.2 Å². The van der Waals surface area contributed by atoms with E-state index in [1.165, 1.54) is 0 Å². The molecule has 0 aromatic carbocycles. The predicted octanol–water partition coefficient (Wildman–Crippen LogP) is 1.15. The molecular formula is C17H26N4O2. The van der Waals surface area contributed by atoms with Crippen LogP contribution in [0.1, 0.15) is 43.5 Å². The van der Waals surface area contributed by atoms with E-state index >= 15 is 0 Å². The van der Waals surface area contributed by atoms with Crippen molar-refractivity contribution in [3.05, 3.63) is 29.6 Å². The average Bonchev–Trinajstić information content (AvgIpc) is 2.54. The molecule has 1 aliphatic heterocycles. The maximum atomic E-state index is 12.1. The number of likely N-dealkylation sites (tertiary alicyclic amines) is 1. The molecule has 2 heterocycles. The van der Waals surface area contributed by atoms with Crippen LogP contribution in [0.15, 0.2) is 18.3 Å². The number of pyridine rings is 1. The summed E-state index contributed by atoms with van der Waals surface area (Å²) in [6.45, 7) is 6.28. The first-order chi connectivity index (χ1) is 11.0. The van der Waals surface area contributed by atoms with Crippen LogP contribution in [0.3, 0.4) is 0 Å². The van der Waals surface area contributed by atoms with Crippen molar-refractivity contribution in [2.45, 2.75) is 39.2 Å². The predicted molar refractivity (Wildman–Crippen MR) is 88.5 cm³/mol. The molecule has 1 aromatic heterocycles. The fourth-order valence-corrected chi connectivity index (χ4v) is 2.83. The number of hydrogen-bond donors (Lipinski definition) is 2. The number of nitrogens with one attached hydrogen (secondary N) is 1. The van der Waals surface area contributed by atoms with E-state index in [4.69, 9.17) is 5.73 Å². The molecule has 126 valence electrons. The highest BCUT2D eigenvalue weighted by Crippen LogP contribution is 2.17. The van der Waals surface area contributed by atoms with Gasteiger partial charge in [-0.2, -0.15) is 0 Å². The molecule has 23 heavy (non-hydrogen) atoms. The summed E-state index contributed by atoms with van der Waals surface area (Å²) >= 11 is 0. The number of rotatable bonds is 6. The van der Waals surface area contributed by atoms with Crippen LogP contribution in [0.25, 0.3) is 0 Å². The fraction of sp³-hybridized carbons (Fsp3) is 0.588. The number of amides is 2. The zero-order valence-corrected chi connectivity index (χ0v) is 13.9. The summed E-state index contributed by atoms with van der Waals surface area (Å²) in [6.07, 6.45) is 3.85. The number of nitrogens with two attached hydrogens (primary N) is 1. The summed E-state index contributed by atoms with van der Waals surface area (Å²) in [5.74, 6) is -0.174. The number of hydrogen-bond acceptors (Lipinski definition) is 4. The van der Waals surface area contributed by atoms with Gasteiger partial charge >= 0.3 is 0 Å². The molecule has 0 unspecified atom stereocenters. The van der Waals surface area contributed by atoms with Crippen LogP contribution >= 0.6 is 0 Å². The molecule has 1 aliphatic rings. The second kappa shape index (κ2) is 8.06. The summed E-state index contributed by atoms with van der Waals surface area (Å²) in [5, 5.41) is 3.00. The number of carbonyl (C=O) groups is 2. The molecule has 0 aliphatic carbocycles. The topological polar surface area (TPSA) is 88.3 Å². The maximum absolute atomic E-state index is 12.1. The fourth-order valence-electron chi connectivity index (χ4n) is 2.83. The molecule has 1 aromatic rings. The molecule has 0 bridgehead atoms. The van der Waals surface area contributed by atoms with E-state index in [1.807, 2.05) is 26.0 Å². The molecule has 2 rings (SSSR count). The van der Waals surface area contributed by atoms with Gasteiger partial charge in [0.25, 0.3) is 0 Å². The van der Waals surface area contributed by atoms with E-state index in [2.05, 4.69) is 15.2 Å². The van der Waals surface area contributed by atoms with E-state index < -0.39 is 0 Å². The Morgan fingerprint density at radius 1 is 1.39 bits per heavy atom. The van der Waals surface area contributed by atoms with E-state index in [1.54, 1.807) is 6.20 Å². The summed E-state index contributed by atoms with van der Waals surface area (Å²) in [4.78, 5) is 29.7. The smallest absolute Gasteiger partial charge is 0.221 e. The van der Waals surface area contributed by atoms with Crippen LogP contribution in [-0.2, 0) is 9.59 Å². The maximum Gasteiger partial charge on any atom is 0.221 e. The minimum absolute atomic E-state index is 0.00543. The van der Waals surface area contributed by atoms with Crippen molar-refractivity contribution < 1.29 is 9.59 Å². The zero-order valence-electron chi connectivity index (χ0n) is 13.9. The van der Waals surface area contributed by atoms with E-state index in [9.17, 15) is 9.59 Å². The largest absolute Gasteiger partial charge is 0.369 e. The van der Waals surface area contributed by atoms with Crippen LogP contribution < -0.4 is 11.1 Å². The first-order valence-corrected chi connectivity index (χ1v) is 8.19. The summed E-state index contributed by atoms with van der Waals surface area (Å²) in [5.41, 5.74) is 7.30. The summed E-state index contributed by atoms with van der Waals surface area (Å²) < 4.78 is 0. The van der Waals surface area contributed by atoms with Crippen LogP contribution in [0, 0.1) is 12.8 Å². The van der Waals surface area contributed by atoms with Gasteiger partial charge in [0.05, 0.1) is 6.04 Å². The third-order valence-corrected chi connectivity index (χ3v) is 4.46. The molecular weight excluding hydrogens is 292 g/mol. The number of aryl methyl sites for hydroxylation is 1. The van der Waals surface area contributed by atoms with Gasteiger partial charge in [0, 0.05) is 30.8 Å². The molecule has 0 spiro atoms. The van der Waals surface area contributed by atoms with Gasteiger partial charge in [-0.3, -0.25) is 14.6 Å². The highest BCUT2D eigenvalue weighted by atomic mass is 16.2. The molecule has 2 amide bonds. The average molecular weight is 318 g/mol. The van der Waals surface area contributed by atoms with Crippen molar-refractivity contribution in [3.8, 4) is 0 Å². The minimum Gasteiger partial charge on any atom is -0.369 e. The van der Waals surface area contributed by atoms with Gasteiger partial charge in [-0.05, 0) is 51.4 Å². The van der Waals surface area contributed by atoms with E-state index in [0.717, 1.165) is 43.7 Å². The Morgan fingerprint density at radius 3 is 2.65 bits per heavy atom. The van der Waals surface area contributed by atoms with Gasteiger partial charge < -0.3 is 16.0 Å². The third kappa shape index (κ3) is 5.32. The Bertz CT molecular complexity index is 536. The Labute approximate surface area is 137 Å². The highest BCUT2D eigenvalue weighted by Gasteiger charge is 2.23. The van der Waals surface area contributed by atoms with E-state index in [0.29, 0.717) is 6.42 Å². The number of aromatic nitrogens is 1. The Morgan fingerprint density at radius 2 is 2.09 bits per heavy atom. The highest BCUT2D eigenvalue weighted by molar-refractivity contribution is 5.77. The number of carbonyl (C=O) groups excluding carboxylic acids is 2. The lowest BCUT2D eigenvalue weighted by Crippen LogP contribution is -2.40. The number of piperidine rings is 1. The van der Waals surface area contributed by atoms with Gasteiger partial charge in [-0.1, -0.05) is 6.07 Å². The normalized spacial score (nSPS) is 17.7. The van der Waals surface area contributed by atoms with Gasteiger partial charge in [-0.25, -0.2) is 0 Å². The lowest BCUT2D eigenvalue weighted by molar-refractivity contribution is -0.124. The molecule has 6 heteroatoms. The Hall–Kier alpha value is -1.95. The standard InChI is InChI=1S/C17H26N4O2/c1-12-3-4-15(11-19-12)13(2)20-16(22)7-10-21-8-5-14(6-9-21)17(18)23/h3-4,11,13-14H,5-10H2,1-2H3,(H2,18,23)(H,20,22)/t13-/m0/s1. The molecule has 1 fully saturated rings. The van der Waals surface area contributed by atoms with Gasteiger partial charge in [0.15, 0.2) is 0 Å². The first kappa shape index (κ1) is 17.4. The Balaban J connectivity index is 1.71. The number of nitrogens with zero attached hydrogens (tertiary/aromatic N) is 2. The zero-order chi connectivity index (χ0) is 16.8. The second-order valence-electron chi connectivity index (χ2n) is 6.29. The van der Waals surface area contributed by atoms with Crippen molar-refractivity contribution in [3.63, 3.8) is 0 Å². The SMILES string of the molecule is Cc1ccc([C@H](C)NC(=O)CCN2CCC(C(N)=O)CC2)cn1. The molecule has 0 saturated carbocycles. The summed E-state index contributed by atoms with van der Waals surface area (Å²) in [7, 11) is 0. The lowest BCUT2D eigenvalue weighted by Gasteiger charge is -2.30. The molecule has 3 N–H and O–H groups in total. The second-order valence-corrected chi connectivity index (χ2v) is 6.29. The Kier molecular flexibility index (Phi) is 6.10. The van der Waals surface area contributed by atoms with Crippen molar-refractivity contribution in [2.75, 3.05) is 19.6 Å². The van der Waals surface area contributed by atoms with Crippen molar-refractivity contribution in [1.29, 1.82) is 0 Å². The van der Waals surface area contributed by atoms with Crippen molar-refractivity contribution >= 4 is 11.8 Å². The third-order valence-electron chi connectivity index (χ3n) is 4.46. The van der Waals surface area contributed by atoms with Gasteiger partial charge in [0.2, 0.25) is 11.8 Å². The van der Waals surface area contributed by atoms with Crippen LogP contribution in [-0.4, -0.2) is 41.3 Å². The first-order valence-electron chi connectivity index (χ1n) is 8.19. The van der Waals surface area contributed by atoms with Crippen LogP contribution in [0.5, 0.6) is 0 Å². The summed E-state index contributed by atoms with van der Waals surface area (Å²) in [6, 6.07) is 3.89. The van der Waals surface area contributed by atoms with Gasteiger partial charge in [-0.15, -0.1) is 0 Å². The molecule has 1 saturated heterocycles. The van der Waals surface area contributed by atoms with Gasteiger partial charge in [0.1, 0.15) is 0 Å². The van der Waals surface area contributed by atoms with Crippen molar-refractivity contribution in [2.24, 2.45) is 11.7 Å². The molecule has 6 nitrogen and oxygen atoms in total.